The van der Waals surface area contributed by atoms with Crippen molar-refractivity contribution in [1.82, 2.24) is 20.3 Å². The monoisotopic (exact) mass is 442 g/mol. The fourth-order valence-electron chi connectivity index (χ4n) is 4.02. The Labute approximate surface area is 190 Å². The largest absolute Gasteiger partial charge is 0.362 e. The fraction of sp³-hybridized carbons (Fsp3) is 0.565. The average Bonchev–Trinajstić information content (AvgIpc) is 2.69. The number of thiol groups is 1. The van der Waals surface area contributed by atoms with E-state index >= 15 is 0 Å². The topological polar surface area (TPSA) is 83.0 Å². The van der Waals surface area contributed by atoms with Gasteiger partial charge in [-0.15, -0.1) is 12.6 Å². The van der Waals surface area contributed by atoms with E-state index in [1.54, 1.807) is 12.3 Å². The molecule has 0 bridgehead atoms. The van der Waals surface area contributed by atoms with Gasteiger partial charge in [0, 0.05) is 54.4 Å². The van der Waals surface area contributed by atoms with Crippen LogP contribution in [0.5, 0.6) is 0 Å². The van der Waals surface area contributed by atoms with E-state index in [0.717, 1.165) is 42.8 Å². The molecule has 2 aromatic heterocycles. The van der Waals surface area contributed by atoms with Gasteiger partial charge in [-0.3, -0.25) is 9.78 Å². The van der Waals surface area contributed by atoms with Crippen molar-refractivity contribution >= 4 is 30.3 Å². The number of aromatic nitrogens is 3. The third kappa shape index (κ3) is 5.67. The Kier molecular flexibility index (Phi) is 7.09. The molecule has 0 saturated heterocycles. The minimum Gasteiger partial charge on any atom is -0.362 e. The molecule has 8 heteroatoms. The molecule has 1 fully saturated rings. The number of carbonyl (C=O) groups is 1. The van der Waals surface area contributed by atoms with Crippen molar-refractivity contribution in [1.29, 1.82) is 0 Å². The Balaban J connectivity index is 1.60. The van der Waals surface area contributed by atoms with Crippen molar-refractivity contribution in [2.45, 2.75) is 75.8 Å². The summed E-state index contributed by atoms with van der Waals surface area (Å²) in [6.45, 7) is 8.19. The van der Waals surface area contributed by atoms with Gasteiger partial charge in [-0.25, -0.2) is 4.98 Å². The van der Waals surface area contributed by atoms with Gasteiger partial charge in [0.25, 0.3) is 5.91 Å². The molecule has 0 aromatic carbocycles. The van der Waals surface area contributed by atoms with E-state index in [0.29, 0.717) is 22.4 Å². The van der Waals surface area contributed by atoms with Crippen LogP contribution >= 0.6 is 12.6 Å². The molecule has 2 heterocycles. The second-order valence-corrected chi connectivity index (χ2v) is 10.0. The molecule has 1 amide bonds. The Hall–Kier alpha value is -2.35. The zero-order valence-corrected chi connectivity index (χ0v) is 20.3. The van der Waals surface area contributed by atoms with Gasteiger partial charge in [0.2, 0.25) is 5.95 Å². The number of anilines is 2. The zero-order valence-electron chi connectivity index (χ0n) is 19.4. The molecule has 7 nitrogen and oxygen atoms in total. The third-order valence-electron chi connectivity index (χ3n) is 5.63. The summed E-state index contributed by atoms with van der Waals surface area (Å²) < 4.78 is 0. The van der Waals surface area contributed by atoms with Crippen LogP contribution in [0.4, 0.5) is 11.8 Å². The molecule has 0 atom stereocenters. The van der Waals surface area contributed by atoms with Crippen molar-refractivity contribution in [3.63, 3.8) is 0 Å². The quantitative estimate of drug-likeness (QED) is 0.608. The van der Waals surface area contributed by atoms with Crippen LogP contribution < -0.4 is 15.5 Å². The van der Waals surface area contributed by atoms with E-state index in [1.807, 2.05) is 32.1 Å². The van der Waals surface area contributed by atoms with Gasteiger partial charge in [0.1, 0.15) is 5.82 Å². The molecule has 1 aliphatic carbocycles. The molecule has 1 aliphatic rings. The lowest BCUT2D eigenvalue weighted by molar-refractivity contribution is 0.0920. The lowest BCUT2D eigenvalue weighted by Crippen LogP contribution is -2.41. The van der Waals surface area contributed by atoms with Crippen LogP contribution in [0.15, 0.2) is 23.4 Å². The molecular formula is C23H34N6OS. The molecule has 0 spiro atoms. The molecule has 0 aliphatic heterocycles. The maximum atomic E-state index is 13.1. The number of nitrogens with zero attached hydrogens (tertiary/aromatic N) is 4. The van der Waals surface area contributed by atoms with E-state index in [1.165, 1.54) is 0 Å². The van der Waals surface area contributed by atoms with E-state index in [9.17, 15) is 4.79 Å². The lowest BCUT2D eigenvalue weighted by atomic mass is 9.87. The maximum absolute atomic E-state index is 13.1. The average molecular weight is 443 g/mol. The summed E-state index contributed by atoms with van der Waals surface area (Å²) in [5.41, 5.74) is 2.19. The molecule has 31 heavy (non-hydrogen) atoms. The van der Waals surface area contributed by atoms with Crippen LogP contribution in [0.25, 0.3) is 0 Å². The highest BCUT2D eigenvalue weighted by molar-refractivity contribution is 7.80. The predicted molar refractivity (Wildman–Crippen MR) is 128 cm³/mol. The zero-order chi connectivity index (χ0) is 22.8. The number of nitrogens with one attached hydrogen (secondary N) is 2. The Morgan fingerprint density at radius 2 is 1.77 bits per heavy atom. The minimum atomic E-state index is -0.230. The van der Waals surface area contributed by atoms with Crippen molar-refractivity contribution in [2.24, 2.45) is 0 Å². The highest BCUT2D eigenvalue weighted by Gasteiger charge is 2.28. The van der Waals surface area contributed by atoms with Gasteiger partial charge < -0.3 is 15.5 Å². The van der Waals surface area contributed by atoms with Crippen molar-refractivity contribution < 1.29 is 4.79 Å². The first-order valence-electron chi connectivity index (χ1n) is 10.8. The van der Waals surface area contributed by atoms with Crippen LogP contribution in [0.1, 0.15) is 68.1 Å². The first-order valence-corrected chi connectivity index (χ1v) is 11.3. The summed E-state index contributed by atoms with van der Waals surface area (Å²) in [7, 11) is 3.97. The molecule has 1 saturated carbocycles. The highest BCUT2D eigenvalue weighted by atomic mass is 32.1. The first kappa shape index (κ1) is 23.3. The predicted octanol–water partition coefficient (Wildman–Crippen LogP) is 3.99. The van der Waals surface area contributed by atoms with Crippen molar-refractivity contribution in [2.75, 3.05) is 24.3 Å². The Bertz CT molecular complexity index is 932. The summed E-state index contributed by atoms with van der Waals surface area (Å²) in [6, 6.07) is 2.22. The summed E-state index contributed by atoms with van der Waals surface area (Å²) in [6.07, 6.45) is 7.28. The number of hydrogen-bond acceptors (Lipinski definition) is 7. The second-order valence-electron chi connectivity index (χ2n) is 9.56. The second kappa shape index (κ2) is 9.42. The normalized spacial score (nSPS) is 19.1. The van der Waals surface area contributed by atoms with Crippen molar-refractivity contribution in [3.05, 3.63) is 35.3 Å². The van der Waals surface area contributed by atoms with E-state index in [4.69, 9.17) is 0 Å². The van der Waals surface area contributed by atoms with E-state index in [2.05, 4.69) is 59.0 Å². The van der Waals surface area contributed by atoms with Gasteiger partial charge in [-0.1, -0.05) is 20.8 Å². The van der Waals surface area contributed by atoms with Gasteiger partial charge >= 0.3 is 0 Å². The third-order valence-corrected chi connectivity index (χ3v) is 6.00. The Morgan fingerprint density at radius 3 is 2.39 bits per heavy atom. The number of rotatable bonds is 5. The number of hydrogen-bond donors (Lipinski definition) is 3. The number of aryl methyl sites for hydroxylation is 1. The lowest BCUT2D eigenvalue weighted by Gasteiger charge is -2.30. The molecule has 2 aromatic rings. The molecule has 3 rings (SSSR count). The van der Waals surface area contributed by atoms with Crippen LogP contribution in [0.2, 0.25) is 0 Å². The van der Waals surface area contributed by atoms with Gasteiger partial charge in [-0.05, 0) is 38.7 Å². The standard InChI is InChI=1S/C23H34N6OS/c1-14-13-25-22(28-20(14)29(5)6)27-16-9-7-15(8-10-16)26-21(30)18-17(31)11-12-24-19(18)23(2,3)4/h11-13,15-16H,7-10H2,1-6H3,(H,24,31)(H,26,30)(H,25,27,28). The highest BCUT2D eigenvalue weighted by Crippen LogP contribution is 2.29. The van der Waals surface area contributed by atoms with Gasteiger partial charge in [0.15, 0.2) is 0 Å². The Morgan fingerprint density at radius 1 is 1.13 bits per heavy atom. The molecule has 2 N–H and O–H groups in total. The summed E-state index contributed by atoms with van der Waals surface area (Å²) >= 11 is 4.53. The fourth-order valence-corrected chi connectivity index (χ4v) is 4.30. The number of pyridine rings is 1. The first-order chi connectivity index (χ1) is 14.6. The number of carbonyl (C=O) groups excluding carboxylic acids is 1. The summed E-state index contributed by atoms with van der Waals surface area (Å²) in [5, 5.41) is 6.67. The van der Waals surface area contributed by atoms with Crippen LogP contribution in [-0.4, -0.2) is 47.0 Å². The van der Waals surface area contributed by atoms with Crippen LogP contribution in [-0.2, 0) is 5.41 Å². The van der Waals surface area contributed by atoms with Gasteiger partial charge in [0.05, 0.1) is 11.3 Å². The minimum absolute atomic E-state index is 0.0862. The molecular weight excluding hydrogens is 408 g/mol. The molecule has 0 unspecified atom stereocenters. The SMILES string of the molecule is Cc1cnc(NC2CCC(NC(=O)c3c(S)ccnc3C(C)(C)C)CC2)nc1N(C)C. The molecule has 168 valence electrons. The molecule has 0 radical (unpaired) electrons. The van der Waals surface area contributed by atoms with E-state index < -0.39 is 0 Å². The van der Waals surface area contributed by atoms with E-state index in [-0.39, 0.29) is 17.4 Å². The maximum Gasteiger partial charge on any atom is 0.254 e. The van der Waals surface area contributed by atoms with Crippen molar-refractivity contribution in [3.8, 4) is 0 Å². The van der Waals surface area contributed by atoms with Gasteiger partial charge in [-0.2, -0.15) is 4.98 Å². The van der Waals surface area contributed by atoms with Crippen LogP contribution in [0.3, 0.4) is 0 Å². The van der Waals surface area contributed by atoms with Crippen LogP contribution in [0, 0.1) is 6.92 Å². The smallest absolute Gasteiger partial charge is 0.254 e. The number of amides is 1. The summed E-state index contributed by atoms with van der Waals surface area (Å²) in [4.78, 5) is 29.3. The summed E-state index contributed by atoms with van der Waals surface area (Å²) in [5.74, 6) is 1.50.